The summed E-state index contributed by atoms with van der Waals surface area (Å²) in [5, 5.41) is 3.12. The van der Waals surface area contributed by atoms with Crippen molar-refractivity contribution in [1.82, 2.24) is 10.3 Å². The van der Waals surface area contributed by atoms with Gasteiger partial charge in [-0.25, -0.2) is 4.98 Å². The van der Waals surface area contributed by atoms with E-state index in [1.54, 1.807) is 0 Å². The Kier molecular flexibility index (Phi) is 3.94. The highest BCUT2D eigenvalue weighted by Gasteiger charge is 2.05. The maximum Gasteiger partial charge on any atom is 0.226 e. The number of oxazole rings is 1. The second-order valence-corrected chi connectivity index (χ2v) is 4.20. The van der Waals surface area contributed by atoms with E-state index < -0.39 is 0 Å². The fourth-order valence-corrected chi connectivity index (χ4v) is 1.69. The van der Waals surface area contributed by atoms with Crippen LogP contribution in [-0.2, 0) is 6.42 Å². The summed E-state index contributed by atoms with van der Waals surface area (Å²) >= 11 is 0. The first kappa shape index (κ1) is 11.9. The lowest BCUT2D eigenvalue weighted by atomic mass is 10.1. The summed E-state index contributed by atoms with van der Waals surface area (Å²) in [6.07, 6.45) is 3.82. The Morgan fingerprint density at radius 3 is 2.71 bits per heavy atom. The van der Waals surface area contributed by atoms with Crippen LogP contribution in [0.5, 0.6) is 0 Å². The normalized spacial score (nSPS) is 10.7. The largest absolute Gasteiger partial charge is 0.441 e. The molecule has 0 saturated heterocycles. The SMILES string of the molecule is CNCCCc1cnc(-c2ccc(C)cc2)o1. The number of hydrogen-bond acceptors (Lipinski definition) is 3. The molecule has 1 aromatic heterocycles. The Bertz CT molecular complexity index is 459. The summed E-state index contributed by atoms with van der Waals surface area (Å²) in [7, 11) is 1.96. The molecule has 1 N–H and O–H groups in total. The molecular formula is C14H18N2O. The van der Waals surface area contributed by atoms with Gasteiger partial charge in [-0.1, -0.05) is 17.7 Å². The molecule has 2 aromatic rings. The van der Waals surface area contributed by atoms with E-state index in [-0.39, 0.29) is 0 Å². The molecule has 0 amide bonds. The van der Waals surface area contributed by atoms with Gasteiger partial charge in [0.25, 0.3) is 0 Å². The van der Waals surface area contributed by atoms with E-state index in [0.717, 1.165) is 30.7 Å². The summed E-state index contributed by atoms with van der Waals surface area (Å²) in [5.41, 5.74) is 2.28. The van der Waals surface area contributed by atoms with Crippen LogP contribution in [0.2, 0.25) is 0 Å². The zero-order valence-electron chi connectivity index (χ0n) is 10.4. The first-order valence-corrected chi connectivity index (χ1v) is 5.96. The predicted molar refractivity (Wildman–Crippen MR) is 68.9 cm³/mol. The molecule has 0 bridgehead atoms. The molecule has 0 radical (unpaired) electrons. The molecule has 0 atom stereocenters. The quantitative estimate of drug-likeness (QED) is 0.803. The van der Waals surface area contributed by atoms with Gasteiger partial charge in [0.1, 0.15) is 5.76 Å². The molecule has 0 spiro atoms. The van der Waals surface area contributed by atoms with Crippen LogP contribution in [0.1, 0.15) is 17.7 Å². The van der Waals surface area contributed by atoms with Crippen molar-refractivity contribution in [3.63, 3.8) is 0 Å². The third-order valence-corrected chi connectivity index (χ3v) is 2.70. The van der Waals surface area contributed by atoms with Gasteiger partial charge in [-0.2, -0.15) is 0 Å². The van der Waals surface area contributed by atoms with Gasteiger partial charge in [0.2, 0.25) is 5.89 Å². The van der Waals surface area contributed by atoms with Crippen molar-refractivity contribution in [2.75, 3.05) is 13.6 Å². The lowest BCUT2D eigenvalue weighted by Gasteiger charge is -1.97. The standard InChI is InChI=1S/C14H18N2O/c1-11-5-7-12(8-6-11)14-16-10-13(17-14)4-3-9-15-2/h5-8,10,15H,3-4,9H2,1-2H3. The van der Waals surface area contributed by atoms with Crippen LogP contribution >= 0.6 is 0 Å². The first-order chi connectivity index (χ1) is 8.29. The fraction of sp³-hybridized carbons (Fsp3) is 0.357. The minimum atomic E-state index is 0.712. The molecule has 3 heteroatoms. The molecule has 1 heterocycles. The number of benzene rings is 1. The molecule has 0 unspecified atom stereocenters. The lowest BCUT2D eigenvalue weighted by molar-refractivity contribution is 0.507. The van der Waals surface area contributed by atoms with Gasteiger partial charge < -0.3 is 9.73 Å². The molecular weight excluding hydrogens is 212 g/mol. The van der Waals surface area contributed by atoms with Gasteiger partial charge >= 0.3 is 0 Å². The van der Waals surface area contributed by atoms with Gasteiger partial charge in [-0.15, -0.1) is 0 Å². The minimum Gasteiger partial charge on any atom is -0.441 e. The fourth-order valence-electron chi connectivity index (χ4n) is 1.69. The van der Waals surface area contributed by atoms with E-state index in [1.807, 2.05) is 25.4 Å². The highest BCUT2D eigenvalue weighted by molar-refractivity contribution is 5.53. The van der Waals surface area contributed by atoms with E-state index in [1.165, 1.54) is 5.56 Å². The Morgan fingerprint density at radius 2 is 2.00 bits per heavy atom. The van der Waals surface area contributed by atoms with E-state index >= 15 is 0 Å². The number of nitrogens with zero attached hydrogens (tertiary/aromatic N) is 1. The van der Waals surface area contributed by atoms with Gasteiger partial charge in [-0.3, -0.25) is 0 Å². The zero-order chi connectivity index (χ0) is 12.1. The van der Waals surface area contributed by atoms with E-state index in [0.29, 0.717) is 5.89 Å². The molecule has 0 aliphatic carbocycles. The number of rotatable bonds is 5. The summed E-state index contributed by atoms with van der Waals surface area (Å²) < 4.78 is 5.72. The van der Waals surface area contributed by atoms with Crippen LogP contribution in [0.25, 0.3) is 11.5 Å². The van der Waals surface area contributed by atoms with Crippen LogP contribution in [-0.4, -0.2) is 18.6 Å². The van der Waals surface area contributed by atoms with Crippen LogP contribution in [0.4, 0.5) is 0 Å². The monoisotopic (exact) mass is 230 g/mol. The van der Waals surface area contributed by atoms with Crippen molar-refractivity contribution in [3.8, 4) is 11.5 Å². The average molecular weight is 230 g/mol. The minimum absolute atomic E-state index is 0.712. The number of hydrogen-bond donors (Lipinski definition) is 1. The second-order valence-electron chi connectivity index (χ2n) is 4.20. The van der Waals surface area contributed by atoms with Gasteiger partial charge in [0.15, 0.2) is 0 Å². The maximum absolute atomic E-state index is 5.72. The number of aryl methyl sites for hydroxylation is 2. The molecule has 2 rings (SSSR count). The summed E-state index contributed by atoms with van der Waals surface area (Å²) in [6, 6.07) is 8.22. The van der Waals surface area contributed by atoms with Crippen LogP contribution in [0.15, 0.2) is 34.9 Å². The van der Waals surface area contributed by atoms with E-state index in [4.69, 9.17) is 4.42 Å². The topological polar surface area (TPSA) is 38.1 Å². The van der Waals surface area contributed by atoms with Crippen molar-refractivity contribution in [1.29, 1.82) is 0 Å². The molecule has 0 aliphatic heterocycles. The maximum atomic E-state index is 5.72. The van der Waals surface area contributed by atoms with Gasteiger partial charge in [0.05, 0.1) is 6.20 Å². The van der Waals surface area contributed by atoms with Crippen molar-refractivity contribution < 1.29 is 4.42 Å². The highest BCUT2D eigenvalue weighted by atomic mass is 16.4. The summed E-state index contributed by atoms with van der Waals surface area (Å²) in [6.45, 7) is 3.07. The predicted octanol–water partition coefficient (Wildman–Crippen LogP) is 2.80. The van der Waals surface area contributed by atoms with E-state index in [2.05, 4.69) is 29.4 Å². The third kappa shape index (κ3) is 3.17. The van der Waals surface area contributed by atoms with Gasteiger partial charge in [-0.05, 0) is 39.1 Å². The molecule has 0 fully saturated rings. The Morgan fingerprint density at radius 1 is 1.24 bits per heavy atom. The van der Waals surface area contributed by atoms with E-state index in [9.17, 15) is 0 Å². The molecule has 90 valence electrons. The third-order valence-electron chi connectivity index (χ3n) is 2.70. The van der Waals surface area contributed by atoms with Crippen molar-refractivity contribution >= 4 is 0 Å². The average Bonchev–Trinajstić information content (AvgIpc) is 2.79. The number of nitrogens with one attached hydrogen (secondary N) is 1. The molecule has 0 aliphatic rings. The number of aromatic nitrogens is 1. The second kappa shape index (κ2) is 5.64. The van der Waals surface area contributed by atoms with Crippen molar-refractivity contribution in [3.05, 3.63) is 41.8 Å². The summed E-state index contributed by atoms with van der Waals surface area (Å²) in [4.78, 5) is 4.31. The molecule has 0 saturated carbocycles. The Labute approximate surface area is 102 Å². The lowest BCUT2D eigenvalue weighted by Crippen LogP contribution is -2.08. The highest BCUT2D eigenvalue weighted by Crippen LogP contribution is 2.20. The summed E-state index contributed by atoms with van der Waals surface area (Å²) in [5.74, 6) is 1.67. The zero-order valence-corrected chi connectivity index (χ0v) is 10.4. The molecule has 1 aromatic carbocycles. The Balaban J connectivity index is 2.04. The van der Waals surface area contributed by atoms with Crippen LogP contribution < -0.4 is 5.32 Å². The Hall–Kier alpha value is -1.61. The van der Waals surface area contributed by atoms with Gasteiger partial charge in [0, 0.05) is 12.0 Å². The first-order valence-electron chi connectivity index (χ1n) is 5.96. The molecule has 3 nitrogen and oxygen atoms in total. The van der Waals surface area contributed by atoms with Crippen LogP contribution in [0, 0.1) is 6.92 Å². The van der Waals surface area contributed by atoms with Crippen LogP contribution in [0.3, 0.4) is 0 Å². The van der Waals surface area contributed by atoms with Crippen molar-refractivity contribution in [2.24, 2.45) is 0 Å². The van der Waals surface area contributed by atoms with Crippen molar-refractivity contribution in [2.45, 2.75) is 19.8 Å². The molecule has 17 heavy (non-hydrogen) atoms. The smallest absolute Gasteiger partial charge is 0.226 e.